The number of aliphatic hydroxyl groups is 3. The third-order valence-electron chi connectivity index (χ3n) is 28.0. The van der Waals surface area contributed by atoms with Gasteiger partial charge in [-0.3, -0.25) is 42.6 Å². The zero-order chi connectivity index (χ0) is 105. The van der Waals surface area contributed by atoms with Gasteiger partial charge in [-0.15, -0.1) is 0 Å². The van der Waals surface area contributed by atoms with Crippen LogP contribution in [0.4, 0.5) is 0 Å². The van der Waals surface area contributed by atoms with Gasteiger partial charge in [0.05, 0.1) is 45.0 Å². The van der Waals surface area contributed by atoms with Gasteiger partial charge in [0, 0.05) is 19.3 Å². The Hall–Kier alpha value is -3.99. The van der Waals surface area contributed by atoms with Crippen molar-refractivity contribution in [3.8, 4) is 0 Å². The second-order valence-corrected chi connectivity index (χ2v) is 44.1. The van der Waals surface area contributed by atoms with Crippen molar-refractivity contribution in [3.05, 3.63) is 12.2 Å². The highest BCUT2D eigenvalue weighted by Crippen LogP contribution is 2.45. The molecule has 2 rings (SSSR count). The number of phosphoric ester groups is 2. The molecule has 9 N–H and O–H groups in total. The molecule has 840 valence electrons. The first-order valence-corrected chi connectivity index (χ1v) is 61.9. The van der Waals surface area contributed by atoms with Crippen LogP contribution in [0.15, 0.2) is 12.2 Å². The van der Waals surface area contributed by atoms with E-state index in [9.17, 15) is 68.0 Å². The molecule has 14 atom stereocenters. The van der Waals surface area contributed by atoms with Gasteiger partial charge in [-0.25, -0.2) is 9.13 Å². The molecule has 30 heteroatoms. The van der Waals surface area contributed by atoms with Crippen LogP contribution >= 0.6 is 15.6 Å². The average molecular weight is 2080 g/mol. The first-order chi connectivity index (χ1) is 69.2. The van der Waals surface area contributed by atoms with Crippen molar-refractivity contribution >= 4 is 57.3 Å². The number of esters is 5. The summed E-state index contributed by atoms with van der Waals surface area (Å²) >= 11 is 0. The zero-order valence-corrected chi connectivity index (χ0v) is 93.0. The van der Waals surface area contributed by atoms with Gasteiger partial charge in [-0.2, -0.15) is 0 Å². The van der Waals surface area contributed by atoms with Crippen molar-refractivity contribution in [2.24, 2.45) is 0 Å². The molecular formula is C113H212N2O26P2. The molecule has 0 aromatic heterocycles. The van der Waals surface area contributed by atoms with Gasteiger partial charge < -0.3 is 83.4 Å². The number of unbranched alkanes of at least 4 members (excludes halogenated alkanes) is 62. The lowest BCUT2D eigenvalue weighted by Crippen LogP contribution is -2.68. The monoisotopic (exact) mass is 2080 g/mol. The van der Waals surface area contributed by atoms with Crippen LogP contribution in [0.2, 0.25) is 0 Å². The quantitative estimate of drug-likeness (QED) is 0.00898. The SMILES string of the molecule is CCCCCC/C=C\CCCCCCCC(=O)OC(CCCCCCCCCCC)CC(=O)NC1[C@H](OCC2OC(OP(=O)(O)O)C(NC(=O)CC(CCCCCCCCCCC)OC(=O)CCCCCCCCCCCCCCC)[C@@H](OC(=O)CC(O)CCCCCCCCCCC)[C@@H]2O)OC(CO)C(OP(=O)(O)O)[C@@H]1OC(=O)CC(CCCCCCCCCCC)OC(=O)CCCCCCCCCCCC. The first kappa shape index (κ1) is 135. The van der Waals surface area contributed by atoms with E-state index in [0.29, 0.717) is 44.9 Å². The number of amides is 2. The number of nitrogens with one attached hydrogen (secondary N) is 2. The molecule has 2 fully saturated rings. The predicted octanol–water partition coefficient (Wildman–Crippen LogP) is 27.6. The Bertz CT molecular complexity index is 3200. The lowest BCUT2D eigenvalue weighted by Gasteiger charge is -2.47. The molecule has 0 bridgehead atoms. The van der Waals surface area contributed by atoms with Crippen molar-refractivity contribution in [3.63, 3.8) is 0 Å². The van der Waals surface area contributed by atoms with E-state index in [1.165, 1.54) is 109 Å². The van der Waals surface area contributed by atoms with Crippen molar-refractivity contribution in [2.75, 3.05) is 13.2 Å². The molecule has 2 saturated heterocycles. The Labute approximate surface area is 867 Å². The second-order valence-electron chi connectivity index (χ2n) is 41.7. The minimum atomic E-state index is -5.75. The molecule has 143 heavy (non-hydrogen) atoms. The number of phosphoric acid groups is 2. The van der Waals surface area contributed by atoms with Crippen molar-refractivity contribution < 1.29 is 125 Å². The van der Waals surface area contributed by atoms with Gasteiger partial charge in [0.2, 0.25) is 11.8 Å². The van der Waals surface area contributed by atoms with Gasteiger partial charge >= 0.3 is 45.5 Å². The van der Waals surface area contributed by atoms with E-state index in [1.54, 1.807) is 0 Å². The summed E-state index contributed by atoms with van der Waals surface area (Å²) in [6, 6.07) is -3.93. The lowest BCUT2D eigenvalue weighted by atomic mass is 9.95. The van der Waals surface area contributed by atoms with Gasteiger partial charge in [0.1, 0.15) is 54.8 Å². The van der Waals surface area contributed by atoms with Crippen LogP contribution in [0.5, 0.6) is 0 Å². The molecule has 0 aromatic carbocycles. The van der Waals surface area contributed by atoms with Crippen LogP contribution in [0.1, 0.15) is 569 Å². The maximum absolute atomic E-state index is 15.4. The van der Waals surface area contributed by atoms with Crippen LogP contribution in [0.25, 0.3) is 0 Å². The molecule has 28 nitrogen and oxygen atoms in total. The van der Waals surface area contributed by atoms with E-state index in [2.05, 4.69) is 71.3 Å². The fraction of sp³-hybridized carbons (Fsp3) is 0.920. The Morgan fingerprint density at radius 2 is 0.573 bits per heavy atom. The molecule has 0 aliphatic carbocycles. The van der Waals surface area contributed by atoms with E-state index in [-0.39, 0.29) is 44.9 Å². The summed E-state index contributed by atoms with van der Waals surface area (Å²) in [4.78, 5) is 145. The fourth-order valence-corrected chi connectivity index (χ4v) is 20.5. The molecular weight excluding hydrogens is 1860 g/mol. The average Bonchev–Trinajstić information content (AvgIpc) is 0.774. The largest absolute Gasteiger partial charge is 0.472 e. The molecule has 0 radical (unpaired) electrons. The van der Waals surface area contributed by atoms with Crippen LogP contribution in [0.3, 0.4) is 0 Å². The summed E-state index contributed by atoms with van der Waals surface area (Å²) in [7, 11) is -11.5. The summed E-state index contributed by atoms with van der Waals surface area (Å²) in [5.41, 5.74) is 0. The topological polar surface area (TPSA) is 412 Å². The highest BCUT2D eigenvalue weighted by molar-refractivity contribution is 7.46. The fourth-order valence-electron chi connectivity index (χ4n) is 19.4. The van der Waals surface area contributed by atoms with E-state index in [0.717, 1.165) is 295 Å². The normalized spacial score (nSPS) is 19.2. The second kappa shape index (κ2) is 91.8. The minimum absolute atomic E-state index is 0.0664. The number of rotatable bonds is 101. The lowest BCUT2D eigenvalue weighted by molar-refractivity contribution is -0.297. The van der Waals surface area contributed by atoms with Crippen molar-refractivity contribution in [1.29, 1.82) is 0 Å². The van der Waals surface area contributed by atoms with Crippen molar-refractivity contribution in [2.45, 2.75) is 654 Å². The van der Waals surface area contributed by atoms with Gasteiger partial charge in [0.25, 0.3) is 0 Å². The molecule has 0 saturated carbocycles. The van der Waals surface area contributed by atoms with Crippen LogP contribution in [-0.4, -0.2) is 175 Å². The molecule has 2 amide bonds. The number of aliphatic hydroxyl groups excluding tert-OH is 3. The third-order valence-corrected chi connectivity index (χ3v) is 29.0. The smallest absolute Gasteiger partial charge is 0.462 e. The van der Waals surface area contributed by atoms with Gasteiger partial charge in [0.15, 0.2) is 24.8 Å². The minimum Gasteiger partial charge on any atom is -0.462 e. The Morgan fingerprint density at radius 3 is 0.895 bits per heavy atom. The number of carbonyl (C=O) groups is 7. The van der Waals surface area contributed by atoms with Crippen molar-refractivity contribution in [1.82, 2.24) is 10.6 Å². The van der Waals surface area contributed by atoms with E-state index >= 15 is 9.59 Å². The summed E-state index contributed by atoms with van der Waals surface area (Å²) < 4.78 is 87.7. The predicted molar refractivity (Wildman–Crippen MR) is 569 cm³/mol. The first-order valence-electron chi connectivity index (χ1n) is 58.8. The van der Waals surface area contributed by atoms with Gasteiger partial charge in [-0.05, 0) is 89.9 Å². The van der Waals surface area contributed by atoms with Gasteiger partial charge in [-0.1, -0.05) is 446 Å². The summed E-state index contributed by atoms with van der Waals surface area (Å²) in [6.45, 7) is 13.1. The number of allylic oxidation sites excluding steroid dienone is 2. The molecule has 2 aliphatic heterocycles. The number of hydrogen-bond acceptors (Lipinski definition) is 22. The van der Waals surface area contributed by atoms with E-state index < -0.39 is 182 Å². The van der Waals surface area contributed by atoms with E-state index in [4.69, 9.17) is 46.9 Å². The standard InChI is InChI=1S/C113H212N2O26P2/c1-8-15-22-29-36-43-46-48-50-57-64-70-77-84-101(120)133-94(81-74-67-60-53-40-33-26-19-12-5)88-99(118)114-106-110(138-104(123)87-93(117)80-73-66-59-52-39-32-25-18-11-4)108(125)98(137-113(106)141-143(129,130)131)92-132-112-107(115-100(119)89-95(82-75-68-61-54-41-34-27-20-13-6)134-102(121)85-78-71-65-58-51-49-47-44-37-30-23-16-9-2)111(109(97(91-116)136-112)140-142(126,127)128)139-105(124)90-96(83-76-69-62-55-42-35-28-21-14-7)135-103(122)86-79-72-63-56-45-38-31-24-17-10-3/h44,47,93-98,106-113,116-117,125H,8-43,45-46,48-92H2,1-7H3,(H,114,118)(H,115,119)(H2,126,127,128)(H2,129,130,131)/b47-44-/t93?,94?,95?,96?,97?,98?,106?,107?,108-,109?,110-,111-,112-,113?/m1/s1. The maximum Gasteiger partial charge on any atom is 0.472 e. The molecule has 10 unspecified atom stereocenters. The van der Waals surface area contributed by atoms with Crippen LogP contribution in [0, 0.1) is 0 Å². The third kappa shape index (κ3) is 76.2. The highest BCUT2D eigenvalue weighted by atomic mass is 31.2. The Balaban J connectivity index is 2.94. The number of carbonyl (C=O) groups excluding carboxylic acids is 7. The molecule has 0 aromatic rings. The highest BCUT2D eigenvalue weighted by Gasteiger charge is 2.55. The molecule has 2 heterocycles. The molecule has 2 aliphatic rings. The molecule has 0 spiro atoms. The van der Waals surface area contributed by atoms with E-state index in [1.807, 2.05) is 0 Å². The summed E-state index contributed by atoms with van der Waals surface area (Å²) in [5, 5.41) is 41.2. The van der Waals surface area contributed by atoms with Crippen LogP contribution < -0.4 is 10.6 Å². The zero-order valence-electron chi connectivity index (χ0n) is 91.2. The summed E-state index contributed by atoms with van der Waals surface area (Å²) in [6.07, 6.45) is 53.2. The Morgan fingerprint density at radius 1 is 0.308 bits per heavy atom. The number of hydrogen-bond donors (Lipinski definition) is 9. The number of ether oxygens (including phenoxy) is 8. The summed E-state index contributed by atoms with van der Waals surface area (Å²) in [5.74, 6) is -5.56. The Kier molecular flexibility index (Phi) is 86.7. The van der Waals surface area contributed by atoms with Crippen LogP contribution in [-0.2, 0) is 89.6 Å². The maximum atomic E-state index is 15.4.